The lowest BCUT2D eigenvalue weighted by molar-refractivity contribution is -0.123. The summed E-state index contributed by atoms with van der Waals surface area (Å²) in [6, 6.07) is 7.40. The molecule has 1 fully saturated rings. The highest BCUT2D eigenvalue weighted by Gasteiger charge is 2.22. The molecule has 3 N–H and O–H groups in total. The summed E-state index contributed by atoms with van der Waals surface area (Å²) in [6.07, 6.45) is 3.83. The van der Waals surface area contributed by atoms with Crippen LogP contribution < -0.4 is 10.6 Å². The SMILES string of the molecule is CC(CCc1ccc(O)cc1)NC(=O)C1CCCN1. The number of rotatable bonds is 5. The Morgan fingerprint density at radius 3 is 2.84 bits per heavy atom. The van der Waals surface area contributed by atoms with E-state index in [2.05, 4.69) is 10.6 Å². The van der Waals surface area contributed by atoms with Crippen LogP contribution in [0.1, 0.15) is 31.7 Å². The van der Waals surface area contributed by atoms with Crippen LogP contribution in [-0.2, 0) is 11.2 Å². The Morgan fingerprint density at radius 1 is 1.47 bits per heavy atom. The average Bonchev–Trinajstić information content (AvgIpc) is 2.92. The molecule has 4 heteroatoms. The van der Waals surface area contributed by atoms with Crippen LogP contribution in [-0.4, -0.2) is 29.6 Å². The van der Waals surface area contributed by atoms with Gasteiger partial charge in [0.15, 0.2) is 0 Å². The number of hydrogen-bond donors (Lipinski definition) is 3. The van der Waals surface area contributed by atoms with Crippen LogP contribution in [0.4, 0.5) is 0 Å². The molecule has 1 saturated heterocycles. The maximum Gasteiger partial charge on any atom is 0.237 e. The van der Waals surface area contributed by atoms with Crippen LogP contribution in [0.15, 0.2) is 24.3 Å². The zero-order valence-corrected chi connectivity index (χ0v) is 11.4. The Kier molecular flexibility index (Phi) is 4.80. The molecule has 19 heavy (non-hydrogen) atoms. The molecule has 1 aromatic carbocycles. The maximum absolute atomic E-state index is 11.9. The van der Waals surface area contributed by atoms with Crippen molar-refractivity contribution in [3.63, 3.8) is 0 Å². The summed E-state index contributed by atoms with van der Waals surface area (Å²) in [4.78, 5) is 11.9. The van der Waals surface area contributed by atoms with Gasteiger partial charge in [-0.1, -0.05) is 12.1 Å². The zero-order chi connectivity index (χ0) is 13.7. The summed E-state index contributed by atoms with van der Waals surface area (Å²) >= 11 is 0. The lowest BCUT2D eigenvalue weighted by Gasteiger charge is -2.17. The number of nitrogens with one attached hydrogen (secondary N) is 2. The van der Waals surface area contributed by atoms with Crippen LogP contribution in [0.5, 0.6) is 5.75 Å². The second kappa shape index (κ2) is 6.57. The summed E-state index contributed by atoms with van der Waals surface area (Å²) in [5, 5.41) is 15.5. The Morgan fingerprint density at radius 2 is 2.21 bits per heavy atom. The van der Waals surface area contributed by atoms with Crippen molar-refractivity contribution in [1.82, 2.24) is 10.6 Å². The Labute approximate surface area is 114 Å². The van der Waals surface area contributed by atoms with Crippen molar-refractivity contribution in [1.29, 1.82) is 0 Å². The normalized spacial score (nSPS) is 20.2. The van der Waals surface area contributed by atoms with Gasteiger partial charge in [0.05, 0.1) is 6.04 Å². The fourth-order valence-electron chi connectivity index (χ4n) is 2.37. The van der Waals surface area contributed by atoms with E-state index in [4.69, 9.17) is 0 Å². The first kappa shape index (κ1) is 13.9. The number of amides is 1. The fourth-order valence-corrected chi connectivity index (χ4v) is 2.37. The van der Waals surface area contributed by atoms with E-state index in [9.17, 15) is 9.90 Å². The molecule has 1 aromatic rings. The summed E-state index contributed by atoms with van der Waals surface area (Å²) in [6.45, 7) is 2.98. The van der Waals surface area contributed by atoms with Gasteiger partial charge in [-0.25, -0.2) is 0 Å². The topological polar surface area (TPSA) is 61.4 Å². The van der Waals surface area contributed by atoms with Crippen LogP contribution in [0.25, 0.3) is 0 Å². The Bertz CT molecular complexity index is 411. The highest BCUT2D eigenvalue weighted by molar-refractivity contribution is 5.82. The molecule has 4 nitrogen and oxygen atoms in total. The lowest BCUT2D eigenvalue weighted by atomic mass is 10.1. The molecule has 0 bridgehead atoms. The molecule has 0 radical (unpaired) electrons. The second-order valence-corrected chi connectivity index (χ2v) is 5.26. The Balaban J connectivity index is 1.73. The van der Waals surface area contributed by atoms with E-state index in [1.165, 1.54) is 5.56 Å². The molecular weight excluding hydrogens is 240 g/mol. The molecule has 1 amide bonds. The molecule has 1 aliphatic rings. The number of phenols is 1. The highest BCUT2D eigenvalue weighted by Crippen LogP contribution is 2.12. The minimum absolute atomic E-state index is 0.00359. The van der Waals surface area contributed by atoms with Crippen molar-refractivity contribution in [3.05, 3.63) is 29.8 Å². The van der Waals surface area contributed by atoms with E-state index in [1.807, 2.05) is 19.1 Å². The largest absolute Gasteiger partial charge is 0.508 e. The number of aromatic hydroxyl groups is 1. The molecule has 1 aliphatic heterocycles. The van der Waals surface area contributed by atoms with Crippen molar-refractivity contribution >= 4 is 5.91 Å². The van der Waals surface area contributed by atoms with Gasteiger partial charge < -0.3 is 15.7 Å². The van der Waals surface area contributed by atoms with E-state index < -0.39 is 0 Å². The molecule has 0 aliphatic carbocycles. The van der Waals surface area contributed by atoms with Crippen LogP contribution in [0.3, 0.4) is 0 Å². The molecule has 2 rings (SSSR count). The second-order valence-electron chi connectivity index (χ2n) is 5.26. The quantitative estimate of drug-likeness (QED) is 0.755. The summed E-state index contributed by atoms with van der Waals surface area (Å²) in [5.41, 5.74) is 1.18. The number of benzene rings is 1. The van der Waals surface area contributed by atoms with Gasteiger partial charge in [0.1, 0.15) is 5.75 Å². The van der Waals surface area contributed by atoms with Crippen molar-refractivity contribution < 1.29 is 9.90 Å². The summed E-state index contributed by atoms with van der Waals surface area (Å²) in [5.74, 6) is 0.410. The third-order valence-electron chi connectivity index (χ3n) is 3.57. The maximum atomic E-state index is 11.9. The highest BCUT2D eigenvalue weighted by atomic mass is 16.3. The number of hydrogen-bond acceptors (Lipinski definition) is 3. The molecule has 2 unspecified atom stereocenters. The van der Waals surface area contributed by atoms with Gasteiger partial charge in [-0.3, -0.25) is 4.79 Å². The molecular formula is C15H22N2O2. The van der Waals surface area contributed by atoms with Crippen molar-refractivity contribution in [2.75, 3.05) is 6.54 Å². The van der Waals surface area contributed by atoms with Gasteiger partial charge in [-0.2, -0.15) is 0 Å². The number of carbonyl (C=O) groups excluding carboxylic acids is 1. The van der Waals surface area contributed by atoms with Crippen LogP contribution in [0.2, 0.25) is 0 Å². The van der Waals surface area contributed by atoms with Crippen LogP contribution >= 0.6 is 0 Å². The number of phenolic OH excluding ortho intramolecular Hbond substituents is 1. The third-order valence-corrected chi connectivity index (χ3v) is 3.57. The van der Waals surface area contributed by atoms with E-state index in [0.29, 0.717) is 0 Å². The van der Waals surface area contributed by atoms with Gasteiger partial charge in [-0.15, -0.1) is 0 Å². The van der Waals surface area contributed by atoms with Gasteiger partial charge in [0, 0.05) is 6.04 Å². The van der Waals surface area contributed by atoms with E-state index in [0.717, 1.165) is 32.2 Å². The number of aryl methyl sites for hydroxylation is 1. The molecule has 2 atom stereocenters. The fraction of sp³-hybridized carbons (Fsp3) is 0.533. The molecule has 1 heterocycles. The molecule has 0 spiro atoms. The van der Waals surface area contributed by atoms with E-state index >= 15 is 0 Å². The van der Waals surface area contributed by atoms with Crippen molar-refractivity contribution in [2.24, 2.45) is 0 Å². The Hall–Kier alpha value is -1.55. The van der Waals surface area contributed by atoms with Gasteiger partial charge in [0.2, 0.25) is 5.91 Å². The standard InChI is InChI=1S/C15H22N2O2/c1-11(17-15(19)14-3-2-10-16-14)4-5-12-6-8-13(18)9-7-12/h6-9,11,14,16,18H,2-5,10H2,1H3,(H,17,19). The monoisotopic (exact) mass is 262 g/mol. The first-order chi connectivity index (χ1) is 9.15. The predicted molar refractivity (Wildman–Crippen MR) is 75.1 cm³/mol. The number of carbonyl (C=O) groups is 1. The zero-order valence-electron chi connectivity index (χ0n) is 11.4. The van der Waals surface area contributed by atoms with Gasteiger partial charge in [0.25, 0.3) is 0 Å². The predicted octanol–water partition coefficient (Wildman–Crippen LogP) is 1.58. The molecule has 104 valence electrons. The summed E-state index contributed by atoms with van der Waals surface area (Å²) < 4.78 is 0. The summed E-state index contributed by atoms with van der Waals surface area (Å²) in [7, 11) is 0. The van der Waals surface area contributed by atoms with Crippen molar-refractivity contribution in [2.45, 2.75) is 44.7 Å². The van der Waals surface area contributed by atoms with Crippen molar-refractivity contribution in [3.8, 4) is 5.75 Å². The van der Waals surface area contributed by atoms with Crippen LogP contribution in [0, 0.1) is 0 Å². The van der Waals surface area contributed by atoms with Gasteiger partial charge in [-0.05, 0) is 56.8 Å². The molecule has 0 aromatic heterocycles. The first-order valence-corrected chi connectivity index (χ1v) is 6.97. The molecule has 0 saturated carbocycles. The lowest BCUT2D eigenvalue weighted by Crippen LogP contribution is -2.44. The average molecular weight is 262 g/mol. The smallest absolute Gasteiger partial charge is 0.237 e. The van der Waals surface area contributed by atoms with E-state index in [-0.39, 0.29) is 23.7 Å². The third kappa shape index (κ3) is 4.24. The first-order valence-electron chi connectivity index (χ1n) is 6.97. The van der Waals surface area contributed by atoms with Gasteiger partial charge >= 0.3 is 0 Å². The minimum atomic E-state index is -0.00359. The van der Waals surface area contributed by atoms with E-state index in [1.54, 1.807) is 12.1 Å². The minimum Gasteiger partial charge on any atom is -0.508 e.